The van der Waals surface area contributed by atoms with Crippen molar-refractivity contribution in [2.75, 3.05) is 25.6 Å². The Morgan fingerprint density at radius 2 is 1.96 bits per heavy atom. The van der Waals surface area contributed by atoms with E-state index in [0.717, 1.165) is 0 Å². The minimum absolute atomic E-state index is 0.0483. The second kappa shape index (κ2) is 7.63. The van der Waals surface area contributed by atoms with Crippen LogP contribution in [0.3, 0.4) is 0 Å². The maximum atomic E-state index is 13.4. The lowest BCUT2D eigenvalue weighted by atomic mass is 10.1. The summed E-state index contributed by atoms with van der Waals surface area (Å²) in [5.74, 6) is -0.733. The summed E-state index contributed by atoms with van der Waals surface area (Å²) in [7, 11) is -2.42. The molecule has 9 heteroatoms. The van der Waals surface area contributed by atoms with E-state index < -0.39 is 15.9 Å². The highest BCUT2D eigenvalue weighted by molar-refractivity contribution is 7.89. The van der Waals surface area contributed by atoms with Crippen LogP contribution in [0.15, 0.2) is 41.3 Å². The molecule has 1 aliphatic rings. The Kier molecular flexibility index (Phi) is 5.45. The van der Waals surface area contributed by atoms with Crippen LogP contribution in [0.1, 0.15) is 15.9 Å². The van der Waals surface area contributed by atoms with Crippen molar-refractivity contribution in [1.82, 2.24) is 4.72 Å². The van der Waals surface area contributed by atoms with Crippen molar-refractivity contribution < 1.29 is 27.1 Å². The van der Waals surface area contributed by atoms with Crippen molar-refractivity contribution in [2.45, 2.75) is 17.9 Å². The summed E-state index contributed by atoms with van der Waals surface area (Å²) in [5.41, 5.74) is 0.814. The van der Waals surface area contributed by atoms with Gasteiger partial charge in [-0.2, -0.15) is 0 Å². The summed E-state index contributed by atoms with van der Waals surface area (Å²) in [6.07, 6.45) is 0. The molecule has 7 nitrogen and oxygen atoms in total. The Morgan fingerprint density at radius 3 is 2.56 bits per heavy atom. The van der Waals surface area contributed by atoms with Gasteiger partial charge in [0, 0.05) is 5.69 Å². The van der Waals surface area contributed by atoms with E-state index in [-0.39, 0.29) is 28.1 Å². The molecule has 1 amide bonds. The number of amides is 1. The van der Waals surface area contributed by atoms with E-state index in [1.807, 2.05) is 0 Å². The number of hydrogen-bond donors (Lipinski definition) is 2. The van der Waals surface area contributed by atoms with Gasteiger partial charge >= 0.3 is 0 Å². The van der Waals surface area contributed by atoms with E-state index in [1.54, 1.807) is 6.92 Å². The van der Waals surface area contributed by atoms with Crippen LogP contribution in [0.2, 0.25) is 0 Å². The molecule has 2 aromatic carbocycles. The molecule has 144 valence electrons. The fraction of sp³-hybridized carbons (Fsp3) is 0.278. The molecule has 0 aromatic heterocycles. The summed E-state index contributed by atoms with van der Waals surface area (Å²) in [5, 5.41) is 2.62. The van der Waals surface area contributed by atoms with Crippen molar-refractivity contribution in [3.8, 4) is 5.75 Å². The van der Waals surface area contributed by atoms with E-state index in [1.165, 1.54) is 43.5 Å². The van der Waals surface area contributed by atoms with Crippen LogP contribution in [0.5, 0.6) is 5.75 Å². The molecule has 1 fully saturated rings. The second-order valence-electron chi connectivity index (χ2n) is 6.14. The molecule has 0 aliphatic carbocycles. The number of ether oxygens (including phenoxy) is 2. The minimum atomic E-state index is -3.80. The fourth-order valence-electron chi connectivity index (χ4n) is 2.54. The highest BCUT2D eigenvalue weighted by atomic mass is 32.2. The maximum Gasteiger partial charge on any atom is 0.259 e. The Hall–Kier alpha value is -2.49. The van der Waals surface area contributed by atoms with Crippen LogP contribution in [-0.2, 0) is 14.8 Å². The number of rotatable bonds is 6. The van der Waals surface area contributed by atoms with E-state index in [9.17, 15) is 17.6 Å². The molecule has 0 atom stereocenters. The number of benzene rings is 2. The maximum absolute atomic E-state index is 13.4. The lowest BCUT2D eigenvalue weighted by Crippen LogP contribution is -2.48. The number of aryl methyl sites for hydroxylation is 1. The Bertz CT molecular complexity index is 974. The summed E-state index contributed by atoms with van der Waals surface area (Å²) in [4.78, 5) is 12.6. The van der Waals surface area contributed by atoms with Crippen molar-refractivity contribution in [1.29, 1.82) is 0 Å². The van der Waals surface area contributed by atoms with Crippen LogP contribution in [-0.4, -0.2) is 40.7 Å². The van der Waals surface area contributed by atoms with Crippen molar-refractivity contribution in [3.05, 3.63) is 53.3 Å². The van der Waals surface area contributed by atoms with Gasteiger partial charge in [-0.15, -0.1) is 0 Å². The van der Waals surface area contributed by atoms with Crippen molar-refractivity contribution >= 4 is 21.6 Å². The molecule has 1 saturated heterocycles. The van der Waals surface area contributed by atoms with Gasteiger partial charge < -0.3 is 14.8 Å². The second-order valence-corrected chi connectivity index (χ2v) is 7.85. The smallest absolute Gasteiger partial charge is 0.259 e. The third kappa shape index (κ3) is 4.26. The number of carbonyl (C=O) groups is 1. The number of carbonyl (C=O) groups excluding carboxylic acids is 1. The van der Waals surface area contributed by atoms with E-state index in [2.05, 4.69) is 10.0 Å². The first kappa shape index (κ1) is 19.3. The number of methoxy groups -OCH3 is 1. The van der Waals surface area contributed by atoms with Gasteiger partial charge in [0.15, 0.2) is 0 Å². The van der Waals surface area contributed by atoms with E-state index >= 15 is 0 Å². The molecular weight excluding hydrogens is 375 g/mol. The number of halogens is 1. The SMILES string of the molecule is COc1ccc(S(=O)(=O)NC2COC2)cc1C(=O)Nc1ccc(F)c(C)c1. The van der Waals surface area contributed by atoms with Gasteiger partial charge in [-0.05, 0) is 48.9 Å². The fourth-order valence-corrected chi connectivity index (χ4v) is 3.77. The van der Waals surface area contributed by atoms with E-state index in [4.69, 9.17) is 9.47 Å². The molecule has 3 rings (SSSR count). The normalized spacial score (nSPS) is 14.5. The summed E-state index contributed by atoms with van der Waals surface area (Å²) >= 11 is 0. The molecule has 0 unspecified atom stereocenters. The van der Waals surface area contributed by atoms with Gasteiger partial charge in [-0.3, -0.25) is 4.79 Å². The third-order valence-corrected chi connectivity index (χ3v) is 5.62. The van der Waals surface area contributed by atoms with Gasteiger partial charge in [0.25, 0.3) is 5.91 Å². The van der Waals surface area contributed by atoms with Crippen molar-refractivity contribution in [3.63, 3.8) is 0 Å². The van der Waals surface area contributed by atoms with Crippen LogP contribution in [0.25, 0.3) is 0 Å². The molecule has 2 N–H and O–H groups in total. The molecule has 0 spiro atoms. The molecule has 1 aliphatic heterocycles. The van der Waals surface area contributed by atoms with Gasteiger partial charge in [0.2, 0.25) is 10.0 Å². The van der Waals surface area contributed by atoms with Crippen molar-refractivity contribution in [2.24, 2.45) is 0 Å². The first-order valence-electron chi connectivity index (χ1n) is 8.16. The summed E-state index contributed by atoms with van der Waals surface area (Å²) in [6, 6.07) is 7.89. The van der Waals surface area contributed by atoms with Gasteiger partial charge in [0.1, 0.15) is 11.6 Å². The number of nitrogens with one attached hydrogen (secondary N) is 2. The number of hydrogen-bond acceptors (Lipinski definition) is 5. The molecule has 1 heterocycles. The summed E-state index contributed by atoms with van der Waals surface area (Å²) in [6.45, 7) is 2.20. The predicted molar refractivity (Wildman–Crippen MR) is 97.0 cm³/mol. The highest BCUT2D eigenvalue weighted by Crippen LogP contribution is 2.24. The predicted octanol–water partition coefficient (Wildman–Crippen LogP) is 2.07. The van der Waals surface area contributed by atoms with E-state index in [0.29, 0.717) is 24.5 Å². The van der Waals surface area contributed by atoms with Gasteiger partial charge in [-0.25, -0.2) is 17.5 Å². The average Bonchev–Trinajstić information content (AvgIpc) is 2.61. The lowest BCUT2D eigenvalue weighted by molar-refractivity contribution is 0.00482. The van der Waals surface area contributed by atoms with Crippen LogP contribution in [0, 0.1) is 12.7 Å². The first-order valence-corrected chi connectivity index (χ1v) is 9.64. The monoisotopic (exact) mass is 394 g/mol. The standard InChI is InChI=1S/C18H19FN2O5S/c1-11-7-12(3-5-16(11)19)20-18(22)15-8-14(4-6-17(15)25-2)27(23,24)21-13-9-26-10-13/h3-8,13,21H,9-10H2,1-2H3,(H,20,22). The molecule has 2 aromatic rings. The topological polar surface area (TPSA) is 93.7 Å². The highest BCUT2D eigenvalue weighted by Gasteiger charge is 2.27. The van der Waals surface area contributed by atoms with Gasteiger partial charge in [-0.1, -0.05) is 0 Å². The third-order valence-electron chi connectivity index (χ3n) is 4.10. The van der Waals surface area contributed by atoms with Gasteiger partial charge in [0.05, 0.1) is 36.8 Å². The molecule has 27 heavy (non-hydrogen) atoms. The lowest BCUT2D eigenvalue weighted by Gasteiger charge is -2.26. The Labute approximate surface area is 156 Å². The molecular formula is C18H19FN2O5S. The Morgan fingerprint density at radius 1 is 1.22 bits per heavy atom. The Balaban J connectivity index is 1.88. The zero-order valence-electron chi connectivity index (χ0n) is 14.8. The van der Waals surface area contributed by atoms with Crippen LogP contribution in [0.4, 0.5) is 10.1 Å². The summed E-state index contributed by atoms with van der Waals surface area (Å²) < 4.78 is 51.0. The first-order chi connectivity index (χ1) is 12.8. The molecule has 0 saturated carbocycles. The van der Waals surface area contributed by atoms with Crippen LogP contribution >= 0.6 is 0 Å². The molecule has 0 bridgehead atoms. The zero-order valence-corrected chi connectivity index (χ0v) is 15.6. The van der Waals surface area contributed by atoms with Crippen LogP contribution < -0.4 is 14.8 Å². The number of sulfonamides is 1. The largest absolute Gasteiger partial charge is 0.496 e. The minimum Gasteiger partial charge on any atom is -0.496 e. The quantitative estimate of drug-likeness (QED) is 0.782. The number of anilines is 1. The molecule has 0 radical (unpaired) electrons. The zero-order chi connectivity index (χ0) is 19.6. The average molecular weight is 394 g/mol.